The highest BCUT2D eigenvalue weighted by molar-refractivity contribution is 5.92. The van der Waals surface area contributed by atoms with Gasteiger partial charge < -0.3 is 15.3 Å². The van der Waals surface area contributed by atoms with Crippen LogP contribution in [-0.2, 0) is 22.3 Å². The number of benzene rings is 2. The summed E-state index contributed by atoms with van der Waals surface area (Å²) in [5.41, 5.74) is 1.46. The van der Waals surface area contributed by atoms with Gasteiger partial charge in [-0.1, -0.05) is 37.3 Å². The van der Waals surface area contributed by atoms with Gasteiger partial charge >= 0.3 is 12.1 Å². The second-order valence-corrected chi connectivity index (χ2v) is 8.05. The van der Waals surface area contributed by atoms with Crippen molar-refractivity contribution in [3.05, 3.63) is 70.8 Å². The molecule has 0 aliphatic carbocycles. The molecule has 0 unspecified atom stereocenters. The van der Waals surface area contributed by atoms with Crippen molar-refractivity contribution >= 4 is 23.6 Å². The quantitative estimate of drug-likeness (QED) is 0.563. The number of rotatable bonds is 7. The summed E-state index contributed by atoms with van der Waals surface area (Å²) in [7, 11) is 0. The monoisotopic (exact) mass is 460 g/mol. The summed E-state index contributed by atoms with van der Waals surface area (Å²) in [4.78, 5) is 25.9. The van der Waals surface area contributed by atoms with Crippen LogP contribution in [0.3, 0.4) is 0 Å². The van der Waals surface area contributed by atoms with Gasteiger partial charge in [-0.25, -0.2) is 4.79 Å². The van der Waals surface area contributed by atoms with Crippen molar-refractivity contribution in [1.29, 1.82) is 0 Å². The molecule has 2 aromatic carbocycles. The van der Waals surface area contributed by atoms with E-state index in [9.17, 15) is 22.8 Å². The fourth-order valence-electron chi connectivity index (χ4n) is 3.98. The Kier molecular flexibility index (Phi) is 7.79. The molecule has 0 saturated carbocycles. The van der Waals surface area contributed by atoms with Crippen LogP contribution in [0.2, 0.25) is 0 Å². The molecule has 1 aliphatic heterocycles. The highest BCUT2D eigenvalue weighted by Crippen LogP contribution is 2.32. The molecule has 2 aromatic rings. The Labute approximate surface area is 190 Å². The van der Waals surface area contributed by atoms with Crippen LogP contribution in [-0.4, -0.2) is 30.1 Å². The van der Waals surface area contributed by atoms with Crippen LogP contribution < -0.4 is 10.2 Å². The molecule has 0 spiro atoms. The third-order valence-corrected chi connectivity index (χ3v) is 5.90. The Morgan fingerprint density at radius 3 is 2.30 bits per heavy atom. The zero-order valence-electron chi connectivity index (χ0n) is 18.4. The minimum atomic E-state index is -4.45. The number of piperidine rings is 1. The van der Waals surface area contributed by atoms with Gasteiger partial charge in [0.15, 0.2) is 0 Å². The van der Waals surface area contributed by atoms with Gasteiger partial charge in [0.05, 0.1) is 5.56 Å². The molecule has 2 N–H and O–H groups in total. The van der Waals surface area contributed by atoms with E-state index in [-0.39, 0.29) is 23.9 Å². The number of amides is 1. The molecular formula is C25H27F3N2O3. The Balaban J connectivity index is 1.54. The third-order valence-electron chi connectivity index (χ3n) is 5.90. The molecule has 0 radical (unpaired) electrons. The highest BCUT2D eigenvalue weighted by Gasteiger charge is 2.33. The van der Waals surface area contributed by atoms with Crippen LogP contribution in [0, 0.1) is 5.92 Å². The number of hydrogen-bond donors (Lipinski definition) is 2. The average molecular weight is 460 g/mol. The minimum Gasteiger partial charge on any atom is -0.478 e. The SMILES string of the molecule is CC/C(=C\c1ccc(N2CCC(C(=O)NCc3ccccc3C(F)(F)F)CC2)cc1)C(=O)O. The number of halogens is 3. The largest absolute Gasteiger partial charge is 0.478 e. The third kappa shape index (κ3) is 6.37. The second kappa shape index (κ2) is 10.6. The fraction of sp³-hybridized carbons (Fsp3) is 0.360. The number of nitrogens with one attached hydrogen (secondary N) is 1. The van der Waals surface area contributed by atoms with E-state index in [2.05, 4.69) is 10.2 Å². The Hall–Kier alpha value is -3.29. The number of nitrogens with zero attached hydrogens (tertiary/aromatic N) is 1. The van der Waals surface area contributed by atoms with Crippen molar-refractivity contribution in [3.63, 3.8) is 0 Å². The molecule has 1 fully saturated rings. The molecule has 176 valence electrons. The second-order valence-electron chi connectivity index (χ2n) is 8.05. The van der Waals surface area contributed by atoms with Gasteiger partial charge in [0.2, 0.25) is 5.91 Å². The number of carbonyl (C=O) groups is 2. The normalized spacial score (nSPS) is 15.4. The van der Waals surface area contributed by atoms with Gasteiger partial charge in [-0.3, -0.25) is 4.79 Å². The van der Waals surface area contributed by atoms with E-state index in [4.69, 9.17) is 5.11 Å². The van der Waals surface area contributed by atoms with Crippen molar-refractivity contribution in [2.75, 3.05) is 18.0 Å². The summed E-state index contributed by atoms with van der Waals surface area (Å²) in [6.07, 6.45) is -1.15. The zero-order chi connectivity index (χ0) is 24.0. The van der Waals surface area contributed by atoms with Crippen molar-refractivity contribution in [3.8, 4) is 0 Å². The van der Waals surface area contributed by atoms with E-state index in [1.807, 2.05) is 24.3 Å². The summed E-state index contributed by atoms with van der Waals surface area (Å²) >= 11 is 0. The Morgan fingerprint density at radius 2 is 1.73 bits per heavy atom. The maximum Gasteiger partial charge on any atom is 0.416 e. The first-order chi connectivity index (χ1) is 15.7. The molecule has 0 bridgehead atoms. The summed E-state index contributed by atoms with van der Waals surface area (Å²) in [6, 6.07) is 12.8. The molecule has 0 aromatic heterocycles. The van der Waals surface area contributed by atoms with E-state index in [1.54, 1.807) is 13.0 Å². The minimum absolute atomic E-state index is 0.0547. The number of carbonyl (C=O) groups excluding carboxylic acids is 1. The number of carboxylic acid groups (broad SMARTS) is 1. The fourth-order valence-corrected chi connectivity index (χ4v) is 3.98. The standard InChI is InChI=1S/C25H27F3N2O3/c1-2-18(24(32)33)15-17-7-9-21(10-8-17)30-13-11-19(12-14-30)23(31)29-16-20-5-3-4-6-22(20)25(26,27)28/h3-10,15,19H,2,11-14,16H2,1H3,(H,29,31)(H,32,33)/b18-15+. The van der Waals surface area contributed by atoms with E-state index in [0.29, 0.717) is 37.9 Å². The first-order valence-electron chi connectivity index (χ1n) is 10.9. The van der Waals surface area contributed by atoms with Gasteiger partial charge in [-0.05, 0) is 54.7 Å². The topological polar surface area (TPSA) is 69.6 Å². The van der Waals surface area contributed by atoms with Crippen molar-refractivity contribution in [2.45, 2.75) is 38.9 Å². The highest BCUT2D eigenvalue weighted by atomic mass is 19.4. The zero-order valence-corrected chi connectivity index (χ0v) is 18.4. The molecule has 0 atom stereocenters. The number of alkyl halides is 3. The van der Waals surface area contributed by atoms with Crippen molar-refractivity contribution in [2.24, 2.45) is 5.92 Å². The van der Waals surface area contributed by atoms with Gasteiger partial charge in [-0.2, -0.15) is 13.2 Å². The van der Waals surface area contributed by atoms with E-state index in [1.165, 1.54) is 18.2 Å². The summed E-state index contributed by atoms with van der Waals surface area (Å²) in [5, 5.41) is 11.8. The summed E-state index contributed by atoms with van der Waals surface area (Å²) < 4.78 is 39.4. The molecule has 1 saturated heterocycles. The number of carboxylic acids is 1. The smallest absolute Gasteiger partial charge is 0.416 e. The number of hydrogen-bond acceptors (Lipinski definition) is 3. The lowest BCUT2D eigenvalue weighted by Crippen LogP contribution is -2.40. The molecule has 8 heteroatoms. The summed E-state index contributed by atoms with van der Waals surface area (Å²) in [6.45, 7) is 2.95. The maximum absolute atomic E-state index is 13.1. The van der Waals surface area contributed by atoms with Gasteiger partial charge in [-0.15, -0.1) is 0 Å². The average Bonchev–Trinajstić information content (AvgIpc) is 2.81. The van der Waals surface area contributed by atoms with Crippen LogP contribution in [0.5, 0.6) is 0 Å². The van der Waals surface area contributed by atoms with Crippen LogP contribution in [0.25, 0.3) is 6.08 Å². The van der Waals surface area contributed by atoms with Crippen LogP contribution in [0.4, 0.5) is 18.9 Å². The van der Waals surface area contributed by atoms with Gasteiger partial charge in [0.25, 0.3) is 0 Å². The van der Waals surface area contributed by atoms with Gasteiger partial charge in [0, 0.05) is 36.8 Å². The molecule has 1 heterocycles. The summed E-state index contributed by atoms with van der Waals surface area (Å²) in [5.74, 6) is -1.40. The van der Waals surface area contributed by atoms with Crippen LogP contribution >= 0.6 is 0 Å². The predicted octanol–water partition coefficient (Wildman–Crippen LogP) is 5.12. The molecule has 3 rings (SSSR count). The van der Waals surface area contributed by atoms with Crippen LogP contribution in [0.1, 0.15) is 42.9 Å². The molecule has 5 nitrogen and oxygen atoms in total. The van der Waals surface area contributed by atoms with Crippen molar-refractivity contribution in [1.82, 2.24) is 5.32 Å². The lowest BCUT2D eigenvalue weighted by atomic mass is 9.95. The number of aliphatic carboxylic acids is 1. The molecule has 33 heavy (non-hydrogen) atoms. The van der Waals surface area contributed by atoms with Crippen LogP contribution in [0.15, 0.2) is 54.1 Å². The maximum atomic E-state index is 13.1. The Morgan fingerprint density at radius 1 is 1.09 bits per heavy atom. The van der Waals surface area contributed by atoms with E-state index in [0.717, 1.165) is 17.3 Å². The predicted molar refractivity (Wildman–Crippen MR) is 121 cm³/mol. The van der Waals surface area contributed by atoms with E-state index >= 15 is 0 Å². The molecular weight excluding hydrogens is 433 g/mol. The lowest BCUT2D eigenvalue weighted by molar-refractivity contribution is -0.138. The van der Waals surface area contributed by atoms with Gasteiger partial charge in [0.1, 0.15) is 0 Å². The Bertz CT molecular complexity index is 1010. The van der Waals surface area contributed by atoms with Crippen molar-refractivity contribution < 1.29 is 27.9 Å². The molecule has 1 aliphatic rings. The first-order valence-corrected chi connectivity index (χ1v) is 10.9. The first kappa shape index (κ1) is 24.4. The lowest BCUT2D eigenvalue weighted by Gasteiger charge is -2.33. The number of anilines is 1. The molecule has 1 amide bonds. The van der Waals surface area contributed by atoms with E-state index < -0.39 is 17.7 Å².